The summed E-state index contributed by atoms with van der Waals surface area (Å²) in [5.41, 5.74) is 0.852. The van der Waals surface area contributed by atoms with Crippen molar-refractivity contribution >= 4 is 33.5 Å². The molecular weight excluding hydrogens is 322 g/mol. The summed E-state index contributed by atoms with van der Waals surface area (Å²) in [5, 5.41) is 9.03. The average molecular weight is 340 g/mol. The fourth-order valence-electron chi connectivity index (χ4n) is 2.76. The monoisotopic (exact) mass is 339 g/mol. The van der Waals surface area contributed by atoms with E-state index in [0.717, 1.165) is 10.2 Å². The SMILES string of the molecule is CCN(C(=O)[C@@H]1CC[C@H](C(=O)O)C1)c1cccc(Br)c1. The Labute approximate surface area is 126 Å². The van der Waals surface area contributed by atoms with Gasteiger partial charge in [0.15, 0.2) is 0 Å². The van der Waals surface area contributed by atoms with E-state index in [2.05, 4.69) is 15.9 Å². The van der Waals surface area contributed by atoms with Gasteiger partial charge in [-0.3, -0.25) is 9.59 Å². The lowest BCUT2D eigenvalue weighted by molar-refractivity contribution is -0.141. The van der Waals surface area contributed by atoms with Gasteiger partial charge in [0.1, 0.15) is 0 Å². The molecule has 20 heavy (non-hydrogen) atoms. The Kier molecular flexibility index (Phi) is 4.81. The van der Waals surface area contributed by atoms with E-state index < -0.39 is 5.97 Å². The third-order valence-electron chi connectivity index (χ3n) is 3.83. The summed E-state index contributed by atoms with van der Waals surface area (Å²) < 4.78 is 0.927. The molecule has 0 radical (unpaired) electrons. The smallest absolute Gasteiger partial charge is 0.306 e. The molecule has 2 atom stereocenters. The Morgan fingerprint density at radius 2 is 2.05 bits per heavy atom. The van der Waals surface area contributed by atoms with Crippen molar-refractivity contribution in [3.8, 4) is 0 Å². The topological polar surface area (TPSA) is 57.6 Å². The second kappa shape index (κ2) is 6.39. The zero-order valence-electron chi connectivity index (χ0n) is 11.4. The van der Waals surface area contributed by atoms with Gasteiger partial charge in [-0.1, -0.05) is 22.0 Å². The normalized spacial score (nSPS) is 21.7. The van der Waals surface area contributed by atoms with Gasteiger partial charge >= 0.3 is 5.97 Å². The zero-order valence-corrected chi connectivity index (χ0v) is 13.0. The fourth-order valence-corrected chi connectivity index (χ4v) is 3.15. The maximum Gasteiger partial charge on any atom is 0.306 e. The number of amides is 1. The van der Waals surface area contributed by atoms with Crippen molar-refractivity contribution in [1.82, 2.24) is 0 Å². The highest BCUT2D eigenvalue weighted by Gasteiger charge is 2.35. The van der Waals surface area contributed by atoms with Crippen molar-refractivity contribution in [2.24, 2.45) is 11.8 Å². The lowest BCUT2D eigenvalue weighted by atomic mass is 10.0. The number of aliphatic carboxylic acids is 1. The summed E-state index contributed by atoms with van der Waals surface area (Å²) in [6.45, 7) is 2.52. The molecule has 5 heteroatoms. The predicted octanol–water partition coefficient (Wildman–Crippen LogP) is 3.30. The van der Waals surface area contributed by atoms with Crippen molar-refractivity contribution in [2.45, 2.75) is 26.2 Å². The summed E-state index contributed by atoms with van der Waals surface area (Å²) in [6, 6.07) is 7.61. The maximum atomic E-state index is 12.6. The predicted molar refractivity (Wildman–Crippen MR) is 80.6 cm³/mol. The van der Waals surface area contributed by atoms with Crippen LogP contribution in [0.1, 0.15) is 26.2 Å². The molecule has 4 nitrogen and oxygen atoms in total. The molecule has 0 heterocycles. The van der Waals surface area contributed by atoms with E-state index in [0.29, 0.717) is 25.8 Å². The average Bonchev–Trinajstić information content (AvgIpc) is 2.89. The highest BCUT2D eigenvalue weighted by Crippen LogP contribution is 2.33. The van der Waals surface area contributed by atoms with E-state index in [-0.39, 0.29) is 17.7 Å². The lowest BCUT2D eigenvalue weighted by Crippen LogP contribution is -2.35. The Morgan fingerprint density at radius 3 is 2.60 bits per heavy atom. The second-order valence-corrected chi connectivity index (χ2v) is 6.02. The molecule has 1 saturated carbocycles. The molecule has 0 aromatic heterocycles. The zero-order chi connectivity index (χ0) is 14.7. The number of rotatable bonds is 4. The third kappa shape index (κ3) is 3.20. The highest BCUT2D eigenvalue weighted by molar-refractivity contribution is 9.10. The Balaban J connectivity index is 2.12. The van der Waals surface area contributed by atoms with Crippen LogP contribution < -0.4 is 4.90 Å². The van der Waals surface area contributed by atoms with Crippen LogP contribution in [0.5, 0.6) is 0 Å². The Hall–Kier alpha value is -1.36. The first-order valence-corrected chi connectivity index (χ1v) is 7.62. The number of carbonyl (C=O) groups excluding carboxylic acids is 1. The Bertz CT molecular complexity index is 518. The van der Waals surface area contributed by atoms with E-state index >= 15 is 0 Å². The van der Waals surface area contributed by atoms with E-state index in [1.54, 1.807) is 4.90 Å². The summed E-state index contributed by atoms with van der Waals surface area (Å²) in [7, 11) is 0. The van der Waals surface area contributed by atoms with Gasteiger partial charge in [-0.15, -0.1) is 0 Å². The molecule has 0 aliphatic heterocycles. The van der Waals surface area contributed by atoms with Crippen molar-refractivity contribution < 1.29 is 14.7 Å². The van der Waals surface area contributed by atoms with Crippen molar-refractivity contribution in [3.63, 3.8) is 0 Å². The van der Waals surface area contributed by atoms with Crippen LogP contribution in [0.25, 0.3) is 0 Å². The number of carboxylic acid groups (broad SMARTS) is 1. The first kappa shape index (κ1) is 15.0. The first-order valence-electron chi connectivity index (χ1n) is 6.82. The number of carboxylic acids is 1. The van der Waals surface area contributed by atoms with Crippen LogP contribution in [0.15, 0.2) is 28.7 Å². The molecule has 1 aliphatic rings. The molecule has 108 valence electrons. The van der Waals surface area contributed by atoms with Gasteiger partial charge in [0.2, 0.25) is 5.91 Å². The third-order valence-corrected chi connectivity index (χ3v) is 4.33. The van der Waals surface area contributed by atoms with Crippen LogP contribution in [0.2, 0.25) is 0 Å². The molecule has 0 spiro atoms. The second-order valence-electron chi connectivity index (χ2n) is 5.11. The van der Waals surface area contributed by atoms with Gasteiger partial charge in [-0.25, -0.2) is 0 Å². The molecule has 2 rings (SSSR count). The summed E-state index contributed by atoms with van der Waals surface area (Å²) in [6.07, 6.45) is 1.72. The van der Waals surface area contributed by atoms with Gasteiger partial charge in [-0.2, -0.15) is 0 Å². The van der Waals surface area contributed by atoms with Gasteiger partial charge in [0.25, 0.3) is 0 Å². The number of benzene rings is 1. The molecule has 1 fully saturated rings. The minimum absolute atomic E-state index is 0.0364. The summed E-state index contributed by atoms with van der Waals surface area (Å²) in [4.78, 5) is 25.3. The van der Waals surface area contributed by atoms with Crippen LogP contribution in [-0.4, -0.2) is 23.5 Å². The molecule has 0 bridgehead atoms. The van der Waals surface area contributed by atoms with Gasteiger partial charge in [0, 0.05) is 22.6 Å². The number of hydrogen-bond donors (Lipinski definition) is 1. The fraction of sp³-hybridized carbons (Fsp3) is 0.467. The van der Waals surface area contributed by atoms with E-state index in [1.807, 2.05) is 31.2 Å². The van der Waals surface area contributed by atoms with E-state index in [4.69, 9.17) is 5.11 Å². The van der Waals surface area contributed by atoms with Crippen LogP contribution >= 0.6 is 15.9 Å². The highest BCUT2D eigenvalue weighted by atomic mass is 79.9. The standard InChI is InChI=1S/C15H18BrNO3/c1-2-17(13-5-3-4-12(16)9-13)14(18)10-6-7-11(8-10)15(19)20/h3-5,9-11H,2,6-8H2,1H3,(H,19,20)/t10-,11+/m1/s1. The largest absolute Gasteiger partial charge is 0.481 e. The minimum atomic E-state index is -0.786. The van der Waals surface area contributed by atoms with Crippen molar-refractivity contribution in [1.29, 1.82) is 0 Å². The number of hydrogen-bond acceptors (Lipinski definition) is 2. The molecule has 1 aromatic rings. The van der Waals surface area contributed by atoms with Crippen molar-refractivity contribution in [2.75, 3.05) is 11.4 Å². The molecule has 1 N–H and O–H groups in total. The molecule has 0 unspecified atom stereocenters. The van der Waals surface area contributed by atoms with E-state index in [1.165, 1.54) is 0 Å². The summed E-state index contributed by atoms with van der Waals surface area (Å²) >= 11 is 3.41. The quantitative estimate of drug-likeness (QED) is 0.915. The summed E-state index contributed by atoms with van der Waals surface area (Å²) in [5.74, 6) is -1.29. The van der Waals surface area contributed by atoms with E-state index in [9.17, 15) is 9.59 Å². The number of halogens is 1. The minimum Gasteiger partial charge on any atom is -0.481 e. The maximum absolute atomic E-state index is 12.6. The van der Waals surface area contributed by atoms with Crippen LogP contribution in [0, 0.1) is 11.8 Å². The lowest BCUT2D eigenvalue weighted by Gasteiger charge is -2.24. The van der Waals surface area contributed by atoms with Gasteiger partial charge < -0.3 is 10.0 Å². The number of nitrogens with zero attached hydrogens (tertiary/aromatic N) is 1. The van der Waals surface area contributed by atoms with Gasteiger partial charge in [-0.05, 0) is 44.4 Å². The molecule has 1 aromatic carbocycles. The number of carbonyl (C=O) groups is 2. The van der Waals surface area contributed by atoms with Gasteiger partial charge in [0.05, 0.1) is 5.92 Å². The molecule has 1 amide bonds. The molecule has 0 saturated heterocycles. The molecule has 1 aliphatic carbocycles. The van der Waals surface area contributed by atoms with Crippen molar-refractivity contribution in [3.05, 3.63) is 28.7 Å². The van der Waals surface area contributed by atoms with Crippen LogP contribution in [-0.2, 0) is 9.59 Å². The Morgan fingerprint density at radius 1 is 1.35 bits per heavy atom. The number of anilines is 1. The molecular formula is C15H18BrNO3. The first-order chi connectivity index (χ1) is 9.52. The van der Waals surface area contributed by atoms with Crippen LogP contribution in [0.3, 0.4) is 0 Å². The van der Waals surface area contributed by atoms with Crippen LogP contribution in [0.4, 0.5) is 5.69 Å².